The highest BCUT2D eigenvalue weighted by atomic mass is 15.3. The highest BCUT2D eigenvalue weighted by Crippen LogP contribution is 2.15. The van der Waals surface area contributed by atoms with E-state index in [1.54, 1.807) is 6.20 Å². The summed E-state index contributed by atoms with van der Waals surface area (Å²) in [6.07, 6.45) is 4.30. The summed E-state index contributed by atoms with van der Waals surface area (Å²) in [5.41, 5.74) is 0.948. The monoisotopic (exact) mass is 370 g/mol. The van der Waals surface area contributed by atoms with Crippen LogP contribution in [0, 0.1) is 6.92 Å². The average molecular weight is 371 g/mol. The molecule has 2 aromatic rings. The number of likely N-dealkylation sites (tertiary alicyclic amines) is 1. The van der Waals surface area contributed by atoms with E-state index >= 15 is 0 Å². The van der Waals surface area contributed by atoms with Crippen LogP contribution in [-0.2, 0) is 20.1 Å². The van der Waals surface area contributed by atoms with E-state index in [1.165, 1.54) is 19.4 Å². The van der Waals surface area contributed by atoms with Gasteiger partial charge in [-0.1, -0.05) is 13.0 Å². The molecule has 1 aliphatic heterocycles. The molecule has 1 saturated heterocycles. The van der Waals surface area contributed by atoms with Gasteiger partial charge in [0, 0.05) is 25.8 Å². The molecule has 0 bridgehead atoms. The standard InChI is InChI=1S/C19H30N8/c1-4-27-11-7-9-17(27)13-22-19(21-12-16-8-5-6-10-20-16)23-14-18-25-24-15(2)26(18)3/h5-6,8,10,17H,4,7,9,11-14H2,1-3H3,(H2,21,22,23). The molecule has 2 aromatic heterocycles. The van der Waals surface area contributed by atoms with Crippen molar-refractivity contribution in [3.63, 3.8) is 0 Å². The van der Waals surface area contributed by atoms with Crippen LogP contribution in [-0.4, -0.2) is 56.3 Å². The Morgan fingerprint density at radius 1 is 1.30 bits per heavy atom. The van der Waals surface area contributed by atoms with Gasteiger partial charge in [0.1, 0.15) is 5.82 Å². The van der Waals surface area contributed by atoms with Gasteiger partial charge in [0.05, 0.1) is 18.8 Å². The first-order chi connectivity index (χ1) is 13.2. The van der Waals surface area contributed by atoms with Crippen molar-refractivity contribution < 1.29 is 0 Å². The van der Waals surface area contributed by atoms with Crippen molar-refractivity contribution in [3.05, 3.63) is 41.7 Å². The molecule has 2 N–H and O–H groups in total. The van der Waals surface area contributed by atoms with Gasteiger partial charge >= 0.3 is 0 Å². The minimum absolute atomic E-state index is 0.538. The zero-order valence-corrected chi connectivity index (χ0v) is 16.5. The number of aryl methyl sites for hydroxylation is 1. The maximum Gasteiger partial charge on any atom is 0.192 e. The number of hydrogen-bond donors (Lipinski definition) is 2. The Balaban J connectivity index is 1.63. The molecule has 0 aliphatic carbocycles. The summed E-state index contributed by atoms with van der Waals surface area (Å²) >= 11 is 0. The highest BCUT2D eigenvalue weighted by Gasteiger charge is 2.22. The number of guanidine groups is 1. The summed E-state index contributed by atoms with van der Waals surface area (Å²) < 4.78 is 1.99. The molecule has 1 fully saturated rings. The smallest absolute Gasteiger partial charge is 0.192 e. The van der Waals surface area contributed by atoms with Gasteiger partial charge in [-0.05, 0) is 45.0 Å². The van der Waals surface area contributed by atoms with Crippen LogP contribution >= 0.6 is 0 Å². The second kappa shape index (κ2) is 9.45. The van der Waals surface area contributed by atoms with Crippen LogP contribution in [0.3, 0.4) is 0 Å². The summed E-state index contributed by atoms with van der Waals surface area (Å²) in [5.74, 6) is 2.57. The molecule has 27 heavy (non-hydrogen) atoms. The van der Waals surface area contributed by atoms with E-state index in [9.17, 15) is 0 Å². The minimum Gasteiger partial charge on any atom is -0.355 e. The first-order valence-electron chi connectivity index (χ1n) is 9.68. The zero-order valence-electron chi connectivity index (χ0n) is 16.5. The van der Waals surface area contributed by atoms with Crippen LogP contribution in [0.4, 0.5) is 0 Å². The number of pyridine rings is 1. The van der Waals surface area contributed by atoms with Crippen molar-refractivity contribution in [2.24, 2.45) is 12.0 Å². The molecule has 3 heterocycles. The van der Waals surface area contributed by atoms with Crippen molar-refractivity contribution in [2.45, 2.75) is 45.8 Å². The third kappa shape index (κ3) is 5.26. The first kappa shape index (κ1) is 19.3. The predicted octanol–water partition coefficient (Wildman–Crippen LogP) is 1.24. The Bertz CT molecular complexity index is 739. The lowest BCUT2D eigenvalue weighted by Crippen LogP contribution is -2.44. The van der Waals surface area contributed by atoms with Crippen LogP contribution in [0.15, 0.2) is 29.4 Å². The van der Waals surface area contributed by atoms with Gasteiger partial charge in [0.2, 0.25) is 0 Å². The normalized spacial score (nSPS) is 18.0. The van der Waals surface area contributed by atoms with Gasteiger partial charge < -0.3 is 15.2 Å². The number of nitrogens with one attached hydrogen (secondary N) is 2. The van der Waals surface area contributed by atoms with E-state index in [0.29, 0.717) is 19.1 Å². The summed E-state index contributed by atoms with van der Waals surface area (Å²) in [6.45, 7) is 8.46. The second-order valence-corrected chi connectivity index (χ2v) is 6.87. The summed E-state index contributed by atoms with van der Waals surface area (Å²) in [4.78, 5) is 11.6. The summed E-state index contributed by atoms with van der Waals surface area (Å²) in [5, 5.41) is 15.2. The van der Waals surface area contributed by atoms with Crippen molar-refractivity contribution >= 4 is 5.96 Å². The van der Waals surface area contributed by atoms with E-state index in [0.717, 1.165) is 36.4 Å². The molecule has 0 saturated carbocycles. The molecular formula is C19H30N8. The Kier molecular flexibility index (Phi) is 6.75. The Morgan fingerprint density at radius 2 is 2.19 bits per heavy atom. The predicted molar refractivity (Wildman–Crippen MR) is 106 cm³/mol. The Labute approximate surface area is 161 Å². The molecule has 8 nitrogen and oxygen atoms in total. The third-order valence-corrected chi connectivity index (χ3v) is 5.13. The van der Waals surface area contributed by atoms with Crippen LogP contribution in [0.1, 0.15) is 37.1 Å². The van der Waals surface area contributed by atoms with Crippen LogP contribution in [0.25, 0.3) is 0 Å². The molecule has 3 rings (SSSR count). The molecule has 0 aromatic carbocycles. The molecule has 0 amide bonds. The highest BCUT2D eigenvalue weighted by molar-refractivity contribution is 5.79. The third-order valence-electron chi connectivity index (χ3n) is 5.13. The molecule has 0 radical (unpaired) electrons. The van der Waals surface area contributed by atoms with E-state index in [4.69, 9.17) is 4.99 Å². The van der Waals surface area contributed by atoms with Crippen molar-refractivity contribution in [1.82, 2.24) is 35.3 Å². The second-order valence-electron chi connectivity index (χ2n) is 6.87. The molecule has 1 atom stereocenters. The minimum atomic E-state index is 0.538. The Morgan fingerprint density at radius 3 is 2.89 bits per heavy atom. The number of aliphatic imine (C=N–C) groups is 1. The molecule has 8 heteroatoms. The average Bonchev–Trinajstić information content (AvgIpc) is 3.29. The topological polar surface area (TPSA) is 83.3 Å². The van der Waals surface area contributed by atoms with Gasteiger partial charge in [-0.15, -0.1) is 10.2 Å². The fourth-order valence-electron chi connectivity index (χ4n) is 3.35. The summed E-state index contributed by atoms with van der Waals surface area (Å²) in [6, 6.07) is 6.45. The van der Waals surface area contributed by atoms with E-state index in [-0.39, 0.29) is 0 Å². The largest absolute Gasteiger partial charge is 0.355 e. The van der Waals surface area contributed by atoms with Gasteiger partial charge in [-0.2, -0.15) is 0 Å². The lowest BCUT2D eigenvalue weighted by molar-refractivity contribution is 0.267. The van der Waals surface area contributed by atoms with Crippen molar-refractivity contribution in [3.8, 4) is 0 Å². The number of likely N-dealkylation sites (N-methyl/N-ethyl adjacent to an activating group) is 1. The Hall–Kier alpha value is -2.48. The zero-order chi connectivity index (χ0) is 19.1. The number of hydrogen-bond acceptors (Lipinski definition) is 5. The van der Waals surface area contributed by atoms with Gasteiger partial charge in [-0.3, -0.25) is 9.88 Å². The van der Waals surface area contributed by atoms with E-state index in [1.807, 2.05) is 36.7 Å². The molecule has 1 aliphatic rings. The maximum absolute atomic E-state index is 4.71. The van der Waals surface area contributed by atoms with Gasteiger partial charge in [0.15, 0.2) is 11.8 Å². The van der Waals surface area contributed by atoms with Crippen molar-refractivity contribution in [2.75, 3.05) is 19.6 Å². The molecule has 146 valence electrons. The lowest BCUT2D eigenvalue weighted by atomic mass is 10.2. The fourth-order valence-corrected chi connectivity index (χ4v) is 3.35. The van der Waals surface area contributed by atoms with Crippen LogP contribution in [0.5, 0.6) is 0 Å². The first-order valence-corrected chi connectivity index (χ1v) is 9.68. The molecule has 0 spiro atoms. The van der Waals surface area contributed by atoms with E-state index in [2.05, 4.69) is 37.6 Å². The van der Waals surface area contributed by atoms with Crippen LogP contribution < -0.4 is 10.6 Å². The fraction of sp³-hybridized carbons (Fsp3) is 0.579. The number of aromatic nitrogens is 4. The number of nitrogens with zero attached hydrogens (tertiary/aromatic N) is 6. The maximum atomic E-state index is 4.71. The van der Waals surface area contributed by atoms with Gasteiger partial charge in [0.25, 0.3) is 0 Å². The van der Waals surface area contributed by atoms with Crippen molar-refractivity contribution in [1.29, 1.82) is 0 Å². The lowest BCUT2D eigenvalue weighted by Gasteiger charge is -2.24. The van der Waals surface area contributed by atoms with Gasteiger partial charge in [-0.25, -0.2) is 4.99 Å². The van der Waals surface area contributed by atoms with Crippen LogP contribution in [0.2, 0.25) is 0 Å². The van der Waals surface area contributed by atoms with E-state index < -0.39 is 0 Å². The molecule has 1 unspecified atom stereocenters. The number of rotatable bonds is 7. The SMILES string of the molecule is CCN1CCCC1CNC(=NCc1ccccn1)NCc1nnc(C)n1C. The quantitative estimate of drug-likeness (QED) is 0.564. The molecular weight excluding hydrogens is 340 g/mol. The summed E-state index contributed by atoms with van der Waals surface area (Å²) in [7, 11) is 1.97.